The minimum Gasteiger partial charge on any atom is -0.320 e. The summed E-state index contributed by atoms with van der Waals surface area (Å²) in [5.74, 6) is 3.71. The van der Waals surface area contributed by atoms with Crippen LogP contribution in [0.25, 0.3) is 0 Å². The summed E-state index contributed by atoms with van der Waals surface area (Å²) < 4.78 is 26.1. The Morgan fingerprint density at radius 3 is 2.36 bits per heavy atom. The van der Waals surface area contributed by atoms with Gasteiger partial charge < -0.3 is 5.32 Å². The van der Waals surface area contributed by atoms with Gasteiger partial charge in [0.05, 0.1) is 0 Å². The highest BCUT2D eigenvalue weighted by molar-refractivity contribution is 5.93. The van der Waals surface area contributed by atoms with Crippen LogP contribution in [0.2, 0.25) is 0 Å². The molecule has 0 unspecified atom stereocenters. The summed E-state index contributed by atoms with van der Waals surface area (Å²) in [4.78, 5) is 3.62. The quantitative estimate of drug-likeness (QED) is 0.272. The van der Waals surface area contributed by atoms with Crippen molar-refractivity contribution in [3.8, 4) is 0 Å². The standard InChI is InChI=1S/C8H10F2N4/c1-12-8(14-11)13-7-5(9)3-2-4-6(7)10/h2-4H,11H2,1H3,(H2,12,13,14). The monoisotopic (exact) mass is 200 g/mol. The van der Waals surface area contributed by atoms with Crippen LogP contribution < -0.4 is 16.6 Å². The van der Waals surface area contributed by atoms with Gasteiger partial charge in [0.2, 0.25) is 5.96 Å². The zero-order valence-electron chi connectivity index (χ0n) is 7.51. The second-order valence-electron chi connectivity index (χ2n) is 2.44. The summed E-state index contributed by atoms with van der Waals surface area (Å²) in [7, 11) is 1.43. The molecule has 0 saturated heterocycles. The molecule has 1 aromatic rings. The average Bonchev–Trinajstić information content (AvgIpc) is 2.18. The summed E-state index contributed by atoms with van der Waals surface area (Å²) in [6, 6.07) is 3.54. The number of hydrogen-bond donors (Lipinski definition) is 3. The maximum absolute atomic E-state index is 13.1. The molecule has 6 heteroatoms. The highest BCUT2D eigenvalue weighted by Gasteiger charge is 2.08. The van der Waals surface area contributed by atoms with Crippen LogP contribution in [-0.4, -0.2) is 13.0 Å². The lowest BCUT2D eigenvalue weighted by molar-refractivity contribution is 0.591. The number of nitrogens with two attached hydrogens (primary N) is 1. The highest BCUT2D eigenvalue weighted by Crippen LogP contribution is 2.17. The highest BCUT2D eigenvalue weighted by atomic mass is 19.1. The van der Waals surface area contributed by atoms with Crippen LogP contribution in [0.1, 0.15) is 0 Å². The van der Waals surface area contributed by atoms with E-state index in [1.165, 1.54) is 13.1 Å². The van der Waals surface area contributed by atoms with E-state index < -0.39 is 11.6 Å². The SMILES string of the molecule is CN=C(NN)Nc1c(F)cccc1F. The van der Waals surface area contributed by atoms with E-state index in [0.29, 0.717) is 0 Å². The maximum atomic E-state index is 13.1. The van der Waals surface area contributed by atoms with Crippen molar-refractivity contribution >= 4 is 11.6 Å². The van der Waals surface area contributed by atoms with Crippen LogP contribution in [0, 0.1) is 11.6 Å². The fourth-order valence-electron chi connectivity index (χ4n) is 0.892. The molecule has 0 atom stereocenters. The zero-order chi connectivity index (χ0) is 10.6. The maximum Gasteiger partial charge on any atom is 0.210 e. The number of benzene rings is 1. The van der Waals surface area contributed by atoms with Crippen molar-refractivity contribution in [3.05, 3.63) is 29.8 Å². The number of halogens is 2. The molecule has 0 heterocycles. The number of anilines is 1. The van der Waals surface area contributed by atoms with E-state index in [1.807, 2.05) is 0 Å². The van der Waals surface area contributed by atoms with Crippen LogP contribution in [-0.2, 0) is 0 Å². The Labute approximate surface area is 79.8 Å². The lowest BCUT2D eigenvalue weighted by Crippen LogP contribution is -2.36. The number of rotatable bonds is 1. The molecule has 0 aliphatic rings. The van der Waals surface area contributed by atoms with E-state index in [-0.39, 0.29) is 11.6 Å². The Kier molecular flexibility index (Phi) is 3.35. The van der Waals surface area contributed by atoms with Gasteiger partial charge in [0.1, 0.15) is 17.3 Å². The van der Waals surface area contributed by atoms with Gasteiger partial charge in [-0.3, -0.25) is 10.4 Å². The molecule has 0 saturated carbocycles. The first kappa shape index (κ1) is 10.4. The van der Waals surface area contributed by atoms with Gasteiger partial charge in [-0.2, -0.15) is 0 Å². The molecule has 0 amide bonds. The Hall–Kier alpha value is -1.69. The Morgan fingerprint density at radius 2 is 1.93 bits per heavy atom. The van der Waals surface area contributed by atoms with E-state index in [4.69, 9.17) is 5.84 Å². The fourth-order valence-corrected chi connectivity index (χ4v) is 0.892. The molecule has 14 heavy (non-hydrogen) atoms. The average molecular weight is 200 g/mol. The van der Waals surface area contributed by atoms with Gasteiger partial charge in [0, 0.05) is 7.05 Å². The van der Waals surface area contributed by atoms with Gasteiger partial charge in [-0.05, 0) is 12.1 Å². The number of nitrogens with zero attached hydrogens (tertiary/aromatic N) is 1. The summed E-state index contributed by atoms with van der Waals surface area (Å²) >= 11 is 0. The molecular weight excluding hydrogens is 190 g/mol. The van der Waals surface area contributed by atoms with Crippen molar-refractivity contribution in [1.82, 2.24) is 5.43 Å². The molecule has 4 nitrogen and oxygen atoms in total. The molecule has 0 spiro atoms. The van der Waals surface area contributed by atoms with Crippen molar-refractivity contribution in [2.24, 2.45) is 10.8 Å². The second-order valence-corrected chi connectivity index (χ2v) is 2.44. The van der Waals surface area contributed by atoms with Crippen molar-refractivity contribution < 1.29 is 8.78 Å². The molecule has 0 radical (unpaired) electrons. The summed E-state index contributed by atoms with van der Waals surface area (Å²) in [6.07, 6.45) is 0. The van der Waals surface area contributed by atoms with Gasteiger partial charge in [-0.25, -0.2) is 14.6 Å². The minimum atomic E-state index is -0.707. The zero-order valence-corrected chi connectivity index (χ0v) is 7.51. The van der Waals surface area contributed by atoms with Crippen molar-refractivity contribution in [3.63, 3.8) is 0 Å². The normalized spacial score (nSPS) is 11.3. The molecule has 1 rings (SSSR count). The molecule has 1 aromatic carbocycles. The van der Waals surface area contributed by atoms with Gasteiger partial charge in [0.25, 0.3) is 0 Å². The number of guanidine groups is 1. The Morgan fingerprint density at radius 1 is 1.36 bits per heavy atom. The van der Waals surface area contributed by atoms with E-state index in [2.05, 4.69) is 15.7 Å². The summed E-state index contributed by atoms with van der Waals surface area (Å²) in [6.45, 7) is 0. The van der Waals surface area contributed by atoms with E-state index in [0.717, 1.165) is 12.1 Å². The van der Waals surface area contributed by atoms with Crippen LogP contribution in [0.15, 0.2) is 23.2 Å². The predicted octanol–water partition coefficient (Wildman–Crippen LogP) is 0.826. The van der Waals surface area contributed by atoms with Gasteiger partial charge in [0.15, 0.2) is 0 Å². The van der Waals surface area contributed by atoms with Crippen LogP contribution >= 0.6 is 0 Å². The van der Waals surface area contributed by atoms with E-state index >= 15 is 0 Å². The van der Waals surface area contributed by atoms with Crippen molar-refractivity contribution in [1.29, 1.82) is 0 Å². The van der Waals surface area contributed by atoms with Crippen molar-refractivity contribution in [2.75, 3.05) is 12.4 Å². The van der Waals surface area contributed by atoms with E-state index in [9.17, 15) is 8.78 Å². The number of aliphatic imine (C=N–C) groups is 1. The Balaban J connectivity index is 2.96. The first-order valence-corrected chi connectivity index (χ1v) is 3.83. The number of nitrogens with one attached hydrogen (secondary N) is 2. The molecule has 0 aromatic heterocycles. The third-order valence-electron chi connectivity index (χ3n) is 1.57. The Bertz CT molecular complexity index is 331. The van der Waals surface area contributed by atoms with Gasteiger partial charge in [-0.1, -0.05) is 6.07 Å². The van der Waals surface area contributed by atoms with E-state index in [1.54, 1.807) is 0 Å². The van der Waals surface area contributed by atoms with Crippen LogP contribution in [0.4, 0.5) is 14.5 Å². The lowest BCUT2D eigenvalue weighted by Gasteiger charge is -2.09. The number of hydrazine groups is 1. The first-order chi connectivity index (χ1) is 6.69. The van der Waals surface area contributed by atoms with Crippen molar-refractivity contribution in [2.45, 2.75) is 0 Å². The first-order valence-electron chi connectivity index (χ1n) is 3.83. The largest absolute Gasteiger partial charge is 0.320 e. The topological polar surface area (TPSA) is 62.4 Å². The molecule has 0 aliphatic carbocycles. The number of para-hydroxylation sites is 1. The third kappa shape index (κ3) is 2.17. The molecule has 0 bridgehead atoms. The van der Waals surface area contributed by atoms with Gasteiger partial charge >= 0.3 is 0 Å². The lowest BCUT2D eigenvalue weighted by atomic mass is 10.3. The molecule has 76 valence electrons. The molecule has 4 N–H and O–H groups in total. The molecule has 0 fully saturated rings. The van der Waals surface area contributed by atoms with Gasteiger partial charge in [-0.15, -0.1) is 0 Å². The fraction of sp³-hybridized carbons (Fsp3) is 0.125. The third-order valence-corrected chi connectivity index (χ3v) is 1.57. The van der Waals surface area contributed by atoms with Crippen LogP contribution in [0.3, 0.4) is 0 Å². The molecular formula is C8H10F2N4. The summed E-state index contributed by atoms with van der Waals surface area (Å²) in [5.41, 5.74) is 1.87. The minimum absolute atomic E-state index is 0.0778. The molecule has 0 aliphatic heterocycles. The summed E-state index contributed by atoms with van der Waals surface area (Å²) in [5, 5.41) is 2.38. The predicted molar refractivity (Wildman–Crippen MR) is 50.7 cm³/mol. The number of hydrogen-bond acceptors (Lipinski definition) is 2. The van der Waals surface area contributed by atoms with Crippen LogP contribution in [0.5, 0.6) is 0 Å². The smallest absolute Gasteiger partial charge is 0.210 e. The second kappa shape index (κ2) is 4.52.